The topological polar surface area (TPSA) is 92.5 Å². The van der Waals surface area contributed by atoms with E-state index in [9.17, 15) is 0 Å². The highest BCUT2D eigenvalue weighted by atomic mass is 32.1. The van der Waals surface area contributed by atoms with E-state index < -0.39 is 0 Å². The summed E-state index contributed by atoms with van der Waals surface area (Å²) in [6, 6.07) is 8.11. The van der Waals surface area contributed by atoms with Crippen LogP contribution in [-0.4, -0.2) is 75.4 Å². The Labute approximate surface area is 190 Å². The monoisotopic (exact) mass is 450 g/mol. The normalized spacial score (nSPS) is 14.6. The van der Waals surface area contributed by atoms with Crippen LogP contribution in [-0.2, 0) is 11.2 Å². The highest BCUT2D eigenvalue weighted by Gasteiger charge is 2.11. The molecule has 1 aliphatic rings. The van der Waals surface area contributed by atoms with Gasteiger partial charge in [0.1, 0.15) is 5.82 Å². The van der Waals surface area contributed by atoms with E-state index in [4.69, 9.17) is 9.72 Å². The Morgan fingerprint density at radius 3 is 2.69 bits per heavy atom. The van der Waals surface area contributed by atoms with Crippen molar-refractivity contribution >= 4 is 27.2 Å². The first-order chi connectivity index (χ1) is 15.8. The third-order valence-electron chi connectivity index (χ3n) is 5.38. The van der Waals surface area contributed by atoms with Gasteiger partial charge >= 0.3 is 0 Å². The highest BCUT2D eigenvalue weighted by Crippen LogP contribution is 2.24. The van der Waals surface area contributed by atoms with E-state index in [0.29, 0.717) is 0 Å². The molecule has 5 rings (SSSR count). The molecular formula is C22H26N8OS. The lowest BCUT2D eigenvalue weighted by Gasteiger charge is -2.26. The molecule has 1 fully saturated rings. The van der Waals surface area contributed by atoms with Crippen LogP contribution >= 0.6 is 11.3 Å². The van der Waals surface area contributed by atoms with Crippen LogP contribution in [0.25, 0.3) is 16.2 Å². The van der Waals surface area contributed by atoms with Crippen molar-refractivity contribution in [3.05, 3.63) is 54.6 Å². The highest BCUT2D eigenvalue weighted by molar-refractivity contribution is 7.20. The minimum absolute atomic E-state index is 0.817. The van der Waals surface area contributed by atoms with Crippen LogP contribution < -0.4 is 10.6 Å². The molecule has 0 radical (unpaired) electrons. The summed E-state index contributed by atoms with van der Waals surface area (Å²) in [5, 5.41) is 12.2. The van der Waals surface area contributed by atoms with E-state index >= 15 is 0 Å². The van der Waals surface area contributed by atoms with Gasteiger partial charge < -0.3 is 15.4 Å². The zero-order chi connectivity index (χ0) is 21.6. The molecule has 0 unspecified atom stereocenters. The second-order valence-electron chi connectivity index (χ2n) is 7.61. The minimum Gasteiger partial charge on any atom is -0.379 e. The number of pyridine rings is 2. The molecule has 0 aliphatic carbocycles. The standard InChI is InChI=1S/C22H26N8OS/c1-2-20(24-9-10-29-11-13-31-14-12-29)26-15-18(1)19-16-30-22(27-19)32-21(28-30)25-8-5-17-3-6-23-7-4-17/h1-4,6-7,15-16H,5,8-14H2,(H,24,26)(H,25,28). The fourth-order valence-electron chi connectivity index (χ4n) is 3.59. The fraction of sp³-hybridized carbons (Fsp3) is 0.364. The van der Waals surface area contributed by atoms with Crippen LogP contribution in [0.15, 0.2) is 49.1 Å². The zero-order valence-electron chi connectivity index (χ0n) is 17.8. The van der Waals surface area contributed by atoms with Crippen molar-refractivity contribution in [1.82, 2.24) is 29.5 Å². The number of rotatable bonds is 9. The zero-order valence-corrected chi connectivity index (χ0v) is 18.6. The van der Waals surface area contributed by atoms with Crippen LogP contribution in [0, 0.1) is 0 Å². The van der Waals surface area contributed by atoms with Gasteiger partial charge in [0.2, 0.25) is 10.1 Å². The maximum Gasteiger partial charge on any atom is 0.214 e. The van der Waals surface area contributed by atoms with Crippen molar-refractivity contribution in [2.45, 2.75) is 6.42 Å². The van der Waals surface area contributed by atoms with Gasteiger partial charge in [0.25, 0.3) is 0 Å². The molecule has 32 heavy (non-hydrogen) atoms. The molecule has 9 nitrogen and oxygen atoms in total. The number of aromatic nitrogens is 5. The smallest absolute Gasteiger partial charge is 0.214 e. The summed E-state index contributed by atoms with van der Waals surface area (Å²) in [5.74, 6) is 0.877. The average Bonchev–Trinajstić information content (AvgIpc) is 3.40. The second kappa shape index (κ2) is 10.0. The Hall–Kier alpha value is -3.08. The van der Waals surface area contributed by atoms with Crippen LogP contribution in [0.2, 0.25) is 0 Å². The molecule has 0 amide bonds. The summed E-state index contributed by atoms with van der Waals surface area (Å²) in [6.45, 7) is 6.34. The van der Waals surface area contributed by atoms with Crippen molar-refractivity contribution in [3.8, 4) is 11.3 Å². The summed E-state index contributed by atoms with van der Waals surface area (Å²) < 4.78 is 7.21. The first-order valence-corrected chi connectivity index (χ1v) is 11.6. The first-order valence-electron chi connectivity index (χ1n) is 10.8. The number of nitrogens with zero attached hydrogens (tertiary/aromatic N) is 6. The molecule has 0 aromatic carbocycles. The molecule has 2 N–H and O–H groups in total. The number of fused-ring (bicyclic) bond motifs is 1. The molecule has 1 aliphatic heterocycles. The Balaban J connectivity index is 1.13. The molecule has 0 saturated carbocycles. The van der Waals surface area contributed by atoms with Crippen molar-refractivity contribution in [1.29, 1.82) is 0 Å². The van der Waals surface area contributed by atoms with Crippen LogP contribution in [0.4, 0.5) is 10.9 Å². The number of ether oxygens (including phenoxy) is 1. The molecule has 0 atom stereocenters. The molecule has 1 saturated heterocycles. The molecule has 0 spiro atoms. The number of imidazole rings is 1. The van der Waals surface area contributed by atoms with E-state index in [0.717, 1.165) is 79.5 Å². The van der Waals surface area contributed by atoms with Gasteiger partial charge in [-0.25, -0.2) is 14.5 Å². The van der Waals surface area contributed by atoms with E-state index in [-0.39, 0.29) is 0 Å². The number of anilines is 2. The Bertz CT molecular complexity index is 1090. The lowest BCUT2D eigenvalue weighted by molar-refractivity contribution is 0.0398. The number of hydrogen-bond donors (Lipinski definition) is 2. The van der Waals surface area contributed by atoms with Gasteiger partial charge in [0.15, 0.2) is 0 Å². The van der Waals surface area contributed by atoms with Gasteiger partial charge in [0.05, 0.1) is 25.1 Å². The summed E-state index contributed by atoms with van der Waals surface area (Å²) in [4.78, 5) is 16.6. The molecule has 4 aromatic rings. The second-order valence-corrected chi connectivity index (χ2v) is 8.56. The van der Waals surface area contributed by atoms with E-state index in [1.54, 1.807) is 11.3 Å². The SMILES string of the molecule is c1cc(CCNc2nn3cc(-c4ccc(NCCN5CCOCC5)nc4)nc3s2)ccn1. The van der Waals surface area contributed by atoms with Gasteiger partial charge in [-0.1, -0.05) is 11.3 Å². The van der Waals surface area contributed by atoms with Gasteiger partial charge in [-0.15, -0.1) is 5.10 Å². The average molecular weight is 451 g/mol. The van der Waals surface area contributed by atoms with E-state index in [2.05, 4.69) is 30.6 Å². The predicted octanol–water partition coefficient (Wildman–Crippen LogP) is 2.65. The molecule has 4 aromatic heterocycles. The molecule has 10 heteroatoms. The van der Waals surface area contributed by atoms with Crippen molar-refractivity contribution in [2.24, 2.45) is 0 Å². The van der Waals surface area contributed by atoms with Crippen LogP contribution in [0.3, 0.4) is 0 Å². The first kappa shape index (κ1) is 20.8. The molecular weight excluding hydrogens is 424 g/mol. The summed E-state index contributed by atoms with van der Waals surface area (Å²) in [5.41, 5.74) is 3.11. The maximum atomic E-state index is 5.38. The molecule has 5 heterocycles. The molecule has 0 bridgehead atoms. The quantitative estimate of drug-likeness (QED) is 0.402. The third kappa shape index (κ3) is 5.21. The van der Waals surface area contributed by atoms with Gasteiger partial charge in [-0.05, 0) is 36.2 Å². The lowest BCUT2D eigenvalue weighted by Crippen LogP contribution is -2.39. The van der Waals surface area contributed by atoms with E-state index in [1.807, 2.05) is 53.6 Å². The molecule has 166 valence electrons. The Kier molecular flexibility index (Phi) is 6.52. The lowest BCUT2D eigenvalue weighted by atomic mass is 10.2. The van der Waals surface area contributed by atoms with Crippen LogP contribution in [0.5, 0.6) is 0 Å². The Morgan fingerprint density at radius 1 is 1.03 bits per heavy atom. The summed E-state index contributed by atoms with van der Waals surface area (Å²) in [6.07, 6.45) is 8.36. The largest absolute Gasteiger partial charge is 0.379 e. The minimum atomic E-state index is 0.817. The number of nitrogens with one attached hydrogen (secondary N) is 2. The maximum absolute atomic E-state index is 5.38. The van der Waals surface area contributed by atoms with Crippen molar-refractivity contribution in [2.75, 3.05) is 56.6 Å². The number of morpholine rings is 1. The summed E-state index contributed by atoms with van der Waals surface area (Å²) in [7, 11) is 0. The van der Waals surface area contributed by atoms with Crippen LogP contribution in [0.1, 0.15) is 5.56 Å². The van der Waals surface area contributed by atoms with E-state index in [1.165, 1.54) is 5.56 Å². The van der Waals surface area contributed by atoms with Gasteiger partial charge in [-0.3, -0.25) is 9.88 Å². The van der Waals surface area contributed by atoms with Gasteiger partial charge in [-0.2, -0.15) is 0 Å². The Morgan fingerprint density at radius 2 is 1.91 bits per heavy atom. The van der Waals surface area contributed by atoms with Crippen molar-refractivity contribution in [3.63, 3.8) is 0 Å². The number of hydrogen-bond acceptors (Lipinski definition) is 9. The fourth-order valence-corrected chi connectivity index (χ4v) is 4.40. The third-order valence-corrected chi connectivity index (χ3v) is 6.26. The predicted molar refractivity (Wildman–Crippen MR) is 126 cm³/mol. The van der Waals surface area contributed by atoms with Crippen molar-refractivity contribution < 1.29 is 4.74 Å². The summed E-state index contributed by atoms with van der Waals surface area (Å²) >= 11 is 1.55. The van der Waals surface area contributed by atoms with Gasteiger partial charge in [0, 0.05) is 56.9 Å².